The van der Waals surface area contributed by atoms with Gasteiger partial charge in [-0.3, -0.25) is 0 Å². The zero-order valence-electron chi connectivity index (χ0n) is 13.1. The molecule has 0 saturated heterocycles. The van der Waals surface area contributed by atoms with E-state index in [2.05, 4.69) is 58.1 Å². The van der Waals surface area contributed by atoms with Crippen molar-refractivity contribution in [1.82, 2.24) is 5.32 Å². The van der Waals surface area contributed by atoms with Gasteiger partial charge in [-0.05, 0) is 50.8 Å². The molecular weight excluding hydrogens is 234 g/mol. The van der Waals surface area contributed by atoms with Crippen LogP contribution < -0.4 is 5.32 Å². The summed E-state index contributed by atoms with van der Waals surface area (Å²) in [5.41, 5.74) is 4.10. The molecule has 1 unspecified atom stereocenters. The highest BCUT2D eigenvalue weighted by atomic mass is 16.5. The minimum atomic E-state index is 0.407. The van der Waals surface area contributed by atoms with Crippen molar-refractivity contribution in [3.8, 4) is 0 Å². The van der Waals surface area contributed by atoms with E-state index in [0.29, 0.717) is 12.0 Å². The Labute approximate surface area is 118 Å². The first-order chi connectivity index (χ1) is 9.00. The van der Waals surface area contributed by atoms with Crippen LogP contribution in [0.1, 0.15) is 49.9 Å². The maximum atomic E-state index is 5.59. The number of rotatable bonds is 8. The Morgan fingerprint density at radius 2 is 1.89 bits per heavy atom. The van der Waals surface area contributed by atoms with E-state index in [1.54, 1.807) is 0 Å². The summed E-state index contributed by atoms with van der Waals surface area (Å²) in [6.45, 7) is 13.6. The third kappa shape index (κ3) is 6.22. The Morgan fingerprint density at radius 3 is 2.58 bits per heavy atom. The molecule has 1 rings (SSSR count). The molecule has 0 fully saturated rings. The zero-order chi connectivity index (χ0) is 14.3. The van der Waals surface area contributed by atoms with E-state index < -0.39 is 0 Å². The predicted octanol–water partition coefficient (Wildman–Crippen LogP) is 4.02. The van der Waals surface area contributed by atoms with Crippen molar-refractivity contribution in [3.63, 3.8) is 0 Å². The second kappa shape index (κ2) is 8.34. The monoisotopic (exact) mass is 263 g/mol. The number of ether oxygens (including phenoxy) is 1. The van der Waals surface area contributed by atoms with E-state index in [1.165, 1.54) is 16.7 Å². The van der Waals surface area contributed by atoms with Crippen LogP contribution in [0.2, 0.25) is 0 Å². The fraction of sp³-hybridized carbons (Fsp3) is 0.647. The second-order valence-corrected chi connectivity index (χ2v) is 5.86. The first-order valence-electron chi connectivity index (χ1n) is 7.39. The minimum absolute atomic E-state index is 0.407. The summed E-state index contributed by atoms with van der Waals surface area (Å²) < 4.78 is 5.59. The number of hydrogen-bond donors (Lipinski definition) is 1. The first kappa shape index (κ1) is 16.2. The lowest BCUT2D eigenvalue weighted by atomic mass is 10.00. The van der Waals surface area contributed by atoms with Crippen molar-refractivity contribution in [2.45, 2.75) is 47.1 Å². The molecule has 0 bridgehead atoms. The highest BCUT2D eigenvalue weighted by Gasteiger charge is 2.07. The molecule has 0 heterocycles. The summed E-state index contributed by atoms with van der Waals surface area (Å²) >= 11 is 0. The number of aryl methyl sites for hydroxylation is 2. The average Bonchev–Trinajstić information content (AvgIpc) is 2.36. The summed E-state index contributed by atoms with van der Waals surface area (Å²) in [4.78, 5) is 0. The van der Waals surface area contributed by atoms with Crippen LogP contribution in [-0.4, -0.2) is 19.8 Å². The van der Waals surface area contributed by atoms with Crippen molar-refractivity contribution < 1.29 is 4.74 Å². The highest BCUT2D eigenvalue weighted by molar-refractivity contribution is 5.32. The van der Waals surface area contributed by atoms with Crippen LogP contribution >= 0.6 is 0 Å². The molecular formula is C17H29NO. The summed E-state index contributed by atoms with van der Waals surface area (Å²) in [7, 11) is 0. The van der Waals surface area contributed by atoms with Crippen molar-refractivity contribution >= 4 is 0 Å². The van der Waals surface area contributed by atoms with E-state index in [1.807, 2.05) is 0 Å². The molecule has 1 aromatic carbocycles. The van der Waals surface area contributed by atoms with Crippen LogP contribution in [0.15, 0.2) is 18.2 Å². The molecule has 1 atom stereocenters. The minimum Gasteiger partial charge on any atom is -0.381 e. The van der Waals surface area contributed by atoms with Crippen LogP contribution in [0.25, 0.3) is 0 Å². The van der Waals surface area contributed by atoms with Crippen molar-refractivity contribution in [2.75, 3.05) is 19.8 Å². The van der Waals surface area contributed by atoms with Gasteiger partial charge in [-0.1, -0.05) is 37.6 Å². The van der Waals surface area contributed by atoms with Crippen LogP contribution in [0, 0.1) is 19.8 Å². The molecule has 0 aliphatic carbocycles. The molecule has 0 radical (unpaired) electrons. The number of benzene rings is 1. The largest absolute Gasteiger partial charge is 0.381 e. The smallest absolute Gasteiger partial charge is 0.0489 e. The van der Waals surface area contributed by atoms with Crippen LogP contribution in [0.5, 0.6) is 0 Å². The maximum absolute atomic E-state index is 5.59. The molecule has 1 N–H and O–H groups in total. The standard InChI is InChI=1S/C17H29NO/c1-13(2)12-19-10-6-9-18-16(5)17-11-14(3)7-8-15(17)4/h7-8,11,13,16,18H,6,9-10,12H2,1-5H3. The van der Waals surface area contributed by atoms with Crippen LogP contribution in [-0.2, 0) is 4.74 Å². The van der Waals surface area contributed by atoms with Crippen molar-refractivity contribution in [2.24, 2.45) is 5.92 Å². The first-order valence-corrected chi connectivity index (χ1v) is 7.39. The van der Waals surface area contributed by atoms with Gasteiger partial charge in [0.15, 0.2) is 0 Å². The zero-order valence-corrected chi connectivity index (χ0v) is 13.1. The lowest BCUT2D eigenvalue weighted by Gasteiger charge is -2.17. The van der Waals surface area contributed by atoms with E-state index in [0.717, 1.165) is 26.2 Å². The van der Waals surface area contributed by atoms with Crippen molar-refractivity contribution in [1.29, 1.82) is 0 Å². The quantitative estimate of drug-likeness (QED) is 0.715. The van der Waals surface area contributed by atoms with Gasteiger partial charge in [-0.2, -0.15) is 0 Å². The molecule has 1 aromatic rings. The Balaban J connectivity index is 2.27. The molecule has 19 heavy (non-hydrogen) atoms. The van der Waals surface area contributed by atoms with Crippen molar-refractivity contribution in [3.05, 3.63) is 34.9 Å². The third-order valence-electron chi connectivity index (χ3n) is 3.27. The van der Waals surface area contributed by atoms with Crippen LogP contribution in [0.4, 0.5) is 0 Å². The molecule has 2 heteroatoms. The molecule has 0 aliphatic heterocycles. The number of hydrogen-bond acceptors (Lipinski definition) is 2. The summed E-state index contributed by atoms with van der Waals surface area (Å²) in [5.74, 6) is 0.627. The van der Waals surface area contributed by atoms with E-state index in [4.69, 9.17) is 4.74 Å². The molecule has 0 spiro atoms. The van der Waals surface area contributed by atoms with Gasteiger partial charge in [0.1, 0.15) is 0 Å². The summed E-state index contributed by atoms with van der Waals surface area (Å²) in [6.07, 6.45) is 1.07. The normalized spacial score (nSPS) is 12.9. The van der Waals surface area contributed by atoms with Gasteiger partial charge in [-0.15, -0.1) is 0 Å². The van der Waals surface area contributed by atoms with Crippen LogP contribution in [0.3, 0.4) is 0 Å². The van der Waals surface area contributed by atoms with E-state index in [-0.39, 0.29) is 0 Å². The number of nitrogens with one attached hydrogen (secondary N) is 1. The Morgan fingerprint density at radius 1 is 1.16 bits per heavy atom. The third-order valence-corrected chi connectivity index (χ3v) is 3.27. The molecule has 0 aliphatic rings. The van der Waals surface area contributed by atoms with E-state index in [9.17, 15) is 0 Å². The lowest BCUT2D eigenvalue weighted by molar-refractivity contribution is 0.107. The molecule has 0 saturated carbocycles. The lowest BCUT2D eigenvalue weighted by Crippen LogP contribution is -2.22. The predicted molar refractivity (Wildman–Crippen MR) is 82.6 cm³/mol. The Kier molecular flexibility index (Phi) is 7.11. The highest BCUT2D eigenvalue weighted by Crippen LogP contribution is 2.18. The Hall–Kier alpha value is -0.860. The Bertz CT molecular complexity index is 374. The maximum Gasteiger partial charge on any atom is 0.0489 e. The fourth-order valence-corrected chi connectivity index (χ4v) is 2.15. The fourth-order valence-electron chi connectivity index (χ4n) is 2.15. The van der Waals surface area contributed by atoms with Gasteiger partial charge in [0, 0.05) is 19.3 Å². The van der Waals surface area contributed by atoms with Gasteiger partial charge in [0.2, 0.25) is 0 Å². The SMILES string of the molecule is Cc1ccc(C)c(C(C)NCCCOCC(C)C)c1. The van der Waals surface area contributed by atoms with Gasteiger partial charge < -0.3 is 10.1 Å². The second-order valence-electron chi connectivity index (χ2n) is 5.86. The van der Waals surface area contributed by atoms with Gasteiger partial charge in [0.05, 0.1) is 0 Å². The molecule has 0 amide bonds. The van der Waals surface area contributed by atoms with Gasteiger partial charge in [-0.25, -0.2) is 0 Å². The van der Waals surface area contributed by atoms with E-state index >= 15 is 0 Å². The van der Waals surface area contributed by atoms with Gasteiger partial charge in [0.25, 0.3) is 0 Å². The topological polar surface area (TPSA) is 21.3 Å². The average molecular weight is 263 g/mol. The molecule has 2 nitrogen and oxygen atoms in total. The summed E-state index contributed by atoms with van der Waals surface area (Å²) in [5, 5.41) is 3.58. The van der Waals surface area contributed by atoms with Gasteiger partial charge >= 0.3 is 0 Å². The summed E-state index contributed by atoms with van der Waals surface area (Å²) in [6, 6.07) is 7.06. The molecule has 108 valence electrons. The molecule has 0 aromatic heterocycles.